The first-order valence-electron chi connectivity index (χ1n) is 19.1. The predicted molar refractivity (Wildman–Crippen MR) is 240 cm³/mol. The van der Waals surface area contributed by atoms with Gasteiger partial charge in [-0.05, 0) is 102 Å². The number of thiophene rings is 1. The average molecular weight is 732 g/mol. The Labute approximate surface area is 328 Å². The van der Waals surface area contributed by atoms with Crippen molar-refractivity contribution >= 4 is 98.2 Å². The van der Waals surface area contributed by atoms with E-state index in [1.165, 1.54) is 69.6 Å². The molecule has 0 saturated heterocycles. The van der Waals surface area contributed by atoms with Gasteiger partial charge in [0.25, 0.3) is 0 Å². The Morgan fingerprint density at radius 2 is 1.00 bits per heavy atom. The highest BCUT2D eigenvalue weighted by atomic mass is 32.1. The Morgan fingerprint density at radius 1 is 0.375 bits per heavy atom. The lowest BCUT2D eigenvalue weighted by Gasteiger charge is -2.35. The summed E-state index contributed by atoms with van der Waals surface area (Å²) in [5.74, 6) is 0. The first-order valence-corrected chi connectivity index (χ1v) is 19.9. The zero-order valence-electron chi connectivity index (χ0n) is 30.3. The Kier molecular flexibility index (Phi) is 6.80. The molecule has 56 heavy (non-hydrogen) atoms. The summed E-state index contributed by atoms with van der Waals surface area (Å²) < 4.78 is 4.99. The van der Waals surface area contributed by atoms with Gasteiger partial charge in [0.15, 0.2) is 0 Å². The molecule has 12 rings (SSSR count). The summed E-state index contributed by atoms with van der Waals surface area (Å²) in [5.41, 5.74) is 12.9. The molecule has 3 nitrogen and oxygen atoms in total. The lowest BCUT2D eigenvalue weighted by molar-refractivity contribution is 1.18. The van der Waals surface area contributed by atoms with E-state index in [1.807, 2.05) is 11.3 Å². The van der Waals surface area contributed by atoms with Crippen LogP contribution in [0.3, 0.4) is 0 Å². The molecule has 3 heterocycles. The van der Waals surface area contributed by atoms with Crippen LogP contribution in [0.4, 0.5) is 34.1 Å². The highest BCUT2D eigenvalue weighted by Crippen LogP contribution is 2.53. The summed E-state index contributed by atoms with van der Waals surface area (Å²) >= 11 is 1.86. The van der Waals surface area contributed by atoms with Gasteiger partial charge in [0.1, 0.15) is 0 Å². The van der Waals surface area contributed by atoms with Crippen molar-refractivity contribution < 1.29 is 0 Å². The van der Waals surface area contributed by atoms with Gasteiger partial charge >= 0.3 is 0 Å². The summed E-state index contributed by atoms with van der Waals surface area (Å²) in [7, 11) is 0. The van der Waals surface area contributed by atoms with Crippen LogP contribution in [-0.4, -0.2) is 4.57 Å². The Hall–Kier alpha value is -7.14. The second-order valence-corrected chi connectivity index (χ2v) is 15.6. The maximum Gasteiger partial charge on any atom is 0.0561 e. The molecule has 2 aromatic heterocycles. The van der Waals surface area contributed by atoms with E-state index in [-0.39, 0.29) is 0 Å². The quantitative estimate of drug-likeness (QED) is 0.175. The van der Waals surface area contributed by atoms with Crippen molar-refractivity contribution in [3.8, 4) is 16.8 Å². The van der Waals surface area contributed by atoms with Crippen molar-refractivity contribution in [1.29, 1.82) is 0 Å². The highest BCUT2D eigenvalue weighted by Gasteiger charge is 2.28. The van der Waals surface area contributed by atoms with Gasteiger partial charge in [-0.15, -0.1) is 11.3 Å². The summed E-state index contributed by atoms with van der Waals surface area (Å²) in [6, 6.07) is 73.4. The number of hydrogen-bond acceptors (Lipinski definition) is 3. The van der Waals surface area contributed by atoms with Crippen LogP contribution in [0.1, 0.15) is 0 Å². The number of nitrogens with zero attached hydrogens (tertiary/aromatic N) is 3. The molecule has 0 aliphatic carbocycles. The van der Waals surface area contributed by atoms with Crippen molar-refractivity contribution in [2.45, 2.75) is 0 Å². The minimum absolute atomic E-state index is 1.10. The number of benzene rings is 9. The van der Waals surface area contributed by atoms with Gasteiger partial charge in [-0.3, -0.25) is 0 Å². The van der Waals surface area contributed by atoms with Crippen molar-refractivity contribution in [3.05, 3.63) is 200 Å². The fourth-order valence-corrected chi connectivity index (χ4v) is 10.1. The molecule has 11 aromatic rings. The Balaban J connectivity index is 1.13. The van der Waals surface area contributed by atoms with E-state index in [0.717, 1.165) is 34.1 Å². The summed E-state index contributed by atoms with van der Waals surface area (Å²) in [6.45, 7) is 0. The molecule has 0 spiro atoms. The second kappa shape index (κ2) is 12.2. The van der Waals surface area contributed by atoms with Gasteiger partial charge in [0.05, 0.1) is 22.4 Å². The van der Waals surface area contributed by atoms with Crippen molar-refractivity contribution in [3.63, 3.8) is 0 Å². The smallest absolute Gasteiger partial charge is 0.0561 e. The number of anilines is 6. The maximum absolute atomic E-state index is 2.45. The molecule has 262 valence electrons. The summed E-state index contributed by atoms with van der Waals surface area (Å²) in [6.07, 6.45) is 0. The third kappa shape index (κ3) is 4.63. The van der Waals surface area contributed by atoms with Crippen LogP contribution >= 0.6 is 11.3 Å². The zero-order chi connectivity index (χ0) is 36.7. The molecule has 0 N–H and O–H groups in total. The standard InChI is InChI=1S/C52H33N3S/c1-3-15-35(16-4-1)54-46-22-9-7-19-40(46)44-31-37(26-29-47(44)54)53(38-27-30-51-45(32-38)42-20-8-10-24-50(42)56-51)39-25-28-41-43-21-11-13-34-14-12-23-48(52(34)43)55(49(41)33-39)36-17-5-2-6-18-36/h1-33H. The van der Waals surface area contributed by atoms with Crippen LogP contribution in [0, 0.1) is 0 Å². The van der Waals surface area contributed by atoms with Crippen LogP contribution < -0.4 is 9.80 Å². The Bertz CT molecular complexity index is 3320. The number of hydrogen-bond donors (Lipinski definition) is 0. The second-order valence-electron chi connectivity index (χ2n) is 14.6. The molecule has 0 fully saturated rings. The van der Waals surface area contributed by atoms with Gasteiger partial charge in [-0.2, -0.15) is 0 Å². The van der Waals surface area contributed by atoms with Crippen LogP contribution in [0.25, 0.3) is 69.6 Å². The van der Waals surface area contributed by atoms with E-state index in [2.05, 4.69) is 215 Å². The van der Waals surface area contributed by atoms with Crippen molar-refractivity contribution in [2.24, 2.45) is 0 Å². The third-order valence-corrected chi connectivity index (χ3v) is 12.6. The molecule has 0 amide bonds. The minimum atomic E-state index is 1.10. The molecule has 1 aliphatic rings. The van der Waals surface area contributed by atoms with Gasteiger partial charge in [0.2, 0.25) is 0 Å². The molecule has 0 radical (unpaired) electrons. The number of para-hydroxylation sites is 3. The number of aromatic nitrogens is 1. The summed E-state index contributed by atoms with van der Waals surface area (Å²) in [4.78, 5) is 4.89. The lowest BCUT2D eigenvalue weighted by Crippen LogP contribution is -2.16. The van der Waals surface area contributed by atoms with Crippen molar-refractivity contribution in [1.82, 2.24) is 4.57 Å². The monoisotopic (exact) mass is 731 g/mol. The molecule has 9 aromatic carbocycles. The first kappa shape index (κ1) is 31.2. The molecular formula is C52H33N3S. The molecule has 0 atom stereocenters. The molecule has 4 heteroatoms. The molecule has 0 bridgehead atoms. The molecule has 0 unspecified atom stereocenters. The van der Waals surface area contributed by atoms with Crippen LogP contribution in [0.2, 0.25) is 0 Å². The van der Waals surface area contributed by atoms with E-state index in [0.29, 0.717) is 0 Å². The van der Waals surface area contributed by atoms with E-state index in [1.54, 1.807) is 0 Å². The zero-order valence-corrected chi connectivity index (χ0v) is 31.1. The molecule has 0 saturated carbocycles. The van der Waals surface area contributed by atoms with Crippen LogP contribution in [0.5, 0.6) is 0 Å². The average Bonchev–Trinajstić information content (AvgIpc) is 3.80. The van der Waals surface area contributed by atoms with Crippen LogP contribution in [0.15, 0.2) is 200 Å². The largest absolute Gasteiger partial charge is 0.310 e. The SMILES string of the molecule is c1ccc(N2c3cc(N(c4ccc5sc6ccccc6c5c4)c4ccc5c(c4)c4ccccc4n5-c4ccccc4)ccc3-c3cccc4cccc2c34)cc1. The fourth-order valence-electron chi connectivity index (χ4n) is 9.04. The van der Waals surface area contributed by atoms with E-state index in [4.69, 9.17) is 0 Å². The molecular weight excluding hydrogens is 699 g/mol. The van der Waals surface area contributed by atoms with Gasteiger partial charge < -0.3 is 14.4 Å². The van der Waals surface area contributed by atoms with E-state index in [9.17, 15) is 0 Å². The highest BCUT2D eigenvalue weighted by molar-refractivity contribution is 7.25. The van der Waals surface area contributed by atoms with Gasteiger partial charge in [-0.25, -0.2) is 0 Å². The van der Waals surface area contributed by atoms with E-state index < -0.39 is 0 Å². The molecule has 1 aliphatic heterocycles. The van der Waals surface area contributed by atoms with Gasteiger partial charge in [0, 0.05) is 70.3 Å². The Morgan fingerprint density at radius 3 is 1.84 bits per heavy atom. The normalized spacial score (nSPS) is 12.2. The lowest BCUT2D eigenvalue weighted by atomic mass is 9.90. The van der Waals surface area contributed by atoms with Gasteiger partial charge in [-0.1, -0.05) is 109 Å². The first-order chi connectivity index (χ1) is 27.8. The maximum atomic E-state index is 2.45. The fraction of sp³-hybridized carbons (Fsp3) is 0. The third-order valence-electron chi connectivity index (χ3n) is 11.5. The number of fused-ring (bicyclic) bond motifs is 8. The minimum Gasteiger partial charge on any atom is -0.310 e. The van der Waals surface area contributed by atoms with Crippen molar-refractivity contribution in [2.75, 3.05) is 9.80 Å². The number of rotatable bonds is 5. The summed E-state index contributed by atoms with van der Waals surface area (Å²) in [5, 5.41) is 7.55. The topological polar surface area (TPSA) is 11.4 Å². The predicted octanol–water partition coefficient (Wildman–Crippen LogP) is 15.2. The van der Waals surface area contributed by atoms with E-state index >= 15 is 0 Å². The van der Waals surface area contributed by atoms with Crippen LogP contribution in [-0.2, 0) is 0 Å².